The van der Waals surface area contributed by atoms with E-state index in [1.54, 1.807) is 0 Å². The van der Waals surface area contributed by atoms with Crippen molar-refractivity contribution in [2.24, 2.45) is 0 Å². The van der Waals surface area contributed by atoms with E-state index in [4.69, 9.17) is 0 Å². The molecule has 0 bridgehead atoms. The van der Waals surface area contributed by atoms with E-state index in [2.05, 4.69) is 20.7 Å². The van der Waals surface area contributed by atoms with Crippen LogP contribution in [0.15, 0.2) is 12.1 Å². The maximum atomic E-state index is 13.6. The summed E-state index contributed by atoms with van der Waals surface area (Å²) < 4.78 is 31.5. The summed E-state index contributed by atoms with van der Waals surface area (Å²) in [6, 6.07) is 1.61. The number of carbonyl (C=O) groups excluding carboxylic acids is 1. The van der Waals surface area contributed by atoms with Crippen LogP contribution in [0.4, 0.5) is 8.78 Å². The van der Waals surface area contributed by atoms with Crippen molar-refractivity contribution in [2.75, 3.05) is 12.4 Å². The number of halogens is 3. The summed E-state index contributed by atoms with van der Waals surface area (Å²) in [5.74, 6) is -3.43. The van der Waals surface area contributed by atoms with Crippen molar-refractivity contribution in [1.29, 1.82) is 0 Å². The van der Waals surface area contributed by atoms with Gasteiger partial charge >= 0.3 is 5.97 Å². The van der Waals surface area contributed by atoms with Gasteiger partial charge < -0.3 is 14.9 Å². The number of aliphatic hydroxyl groups is 2. The number of esters is 1. The van der Waals surface area contributed by atoms with Gasteiger partial charge in [-0.2, -0.15) is 0 Å². The number of hydrogen-bond donors (Lipinski definition) is 2. The molecule has 0 spiro atoms. The minimum absolute atomic E-state index is 0.142. The topological polar surface area (TPSA) is 66.8 Å². The molecule has 0 aliphatic heterocycles. The van der Waals surface area contributed by atoms with Crippen molar-refractivity contribution < 1.29 is 28.5 Å². The summed E-state index contributed by atoms with van der Waals surface area (Å²) in [6.07, 6.45) is -2.39. The second kappa shape index (κ2) is 6.93. The van der Waals surface area contributed by atoms with E-state index in [1.165, 1.54) is 0 Å². The molecule has 0 aromatic heterocycles. The van der Waals surface area contributed by atoms with Crippen LogP contribution in [0.3, 0.4) is 0 Å². The maximum Gasteiger partial charge on any atom is 0.343 e. The molecule has 1 aromatic rings. The lowest BCUT2D eigenvalue weighted by Crippen LogP contribution is -2.20. The Hall–Kier alpha value is -1.05. The molecule has 1 rings (SSSR count). The molecule has 0 saturated carbocycles. The lowest BCUT2D eigenvalue weighted by Gasteiger charge is -2.18. The first-order valence-electron chi connectivity index (χ1n) is 5.41. The van der Waals surface area contributed by atoms with E-state index >= 15 is 0 Å². The Morgan fingerprint density at radius 1 is 1.37 bits per heavy atom. The number of carbonyl (C=O) groups is 1. The van der Waals surface area contributed by atoms with Crippen molar-refractivity contribution >= 4 is 21.9 Å². The molecule has 2 unspecified atom stereocenters. The van der Waals surface area contributed by atoms with Crippen LogP contribution in [0, 0.1) is 11.6 Å². The van der Waals surface area contributed by atoms with Gasteiger partial charge in [0.15, 0.2) is 0 Å². The van der Waals surface area contributed by atoms with Crippen LogP contribution in [0.2, 0.25) is 0 Å². The molecule has 0 saturated heterocycles. The van der Waals surface area contributed by atoms with E-state index in [-0.39, 0.29) is 12.0 Å². The zero-order valence-corrected chi connectivity index (χ0v) is 11.7. The van der Waals surface area contributed by atoms with E-state index in [9.17, 15) is 23.8 Å². The summed E-state index contributed by atoms with van der Waals surface area (Å²) in [5, 5.41) is 19.7. The zero-order valence-electron chi connectivity index (χ0n) is 10.1. The van der Waals surface area contributed by atoms with Crippen LogP contribution >= 0.6 is 15.9 Å². The van der Waals surface area contributed by atoms with Crippen LogP contribution in [-0.2, 0) is 4.74 Å². The van der Waals surface area contributed by atoms with E-state index in [0.717, 1.165) is 19.2 Å². The molecular formula is C12H13BrF2O4. The number of alkyl halides is 1. The van der Waals surface area contributed by atoms with Gasteiger partial charge in [-0.15, -0.1) is 0 Å². The molecule has 4 nitrogen and oxygen atoms in total. The number of ether oxygens (including phenoxy) is 1. The van der Waals surface area contributed by atoms with Crippen LogP contribution in [-0.4, -0.2) is 34.7 Å². The average molecular weight is 339 g/mol. The lowest BCUT2D eigenvalue weighted by atomic mass is 10.0. The zero-order chi connectivity index (χ0) is 14.6. The van der Waals surface area contributed by atoms with Gasteiger partial charge in [0.25, 0.3) is 0 Å². The standard InChI is InChI=1S/C12H13BrF2O4/c1-19-12(18)10-7(14)4-6(5-8(10)15)11(17)9(16)2-3-13/h4-5,9,11,16-17H,2-3H2,1H3. The van der Waals surface area contributed by atoms with Gasteiger partial charge in [-0.25, -0.2) is 13.6 Å². The maximum absolute atomic E-state index is 13.6. The molecule has 0 aliphatic rings. The molecule has 2 atom stereocenters. The first kappa shape index (κ1) is 16.0. The SMILES string of the molecule is COC(=O)c1c(F)cc(C(O)C(O)CCBr)cc1F. The normalized spacial score (nSPS) is 14.0. The van der Waals surface area contributed by atoms with Gasteiger partial charge in [-0.05, 0) is 24.1 Å². The summed E-state index contributed by atoms with van der Waals surface area (Å²) >= 11 is 3.08. The Morgan fingerprint density at radius 2 is 1.89 bits per heavy atom. The molecule has 0 fully saturated rings. The van der Waals surface area contributed by atoms with Crippen molar-refractivity contribution in [1.82, 2.24) is 0 Å². The minimum atomic E-state index is -1.44. The number of rotatable bonds is 5. The monoisotopic (exact) mass is 338 g/mol. The Balaban J connectivity index is 3.10. The van der Waals surface area contributed by atoms with Gasteiger partial charge in [0.1, 0.15) is 23.3 Å². The number of benzene rings is 1. The number of aliphatic hydroxyl groups excluding tert-OH is 2. The summed E-state index contributed by atoms with van der Waals surface area (Å²) in [6.45, 7) is 0. The molecule has 1 aromatic carbocycles. The van der Waals surface area contributed by atoms with Crippen LogP contribution in [0.25, 0.3) is 0 Å². The average Bonchev–Trinajstić information content (AvgIpc) is 2.36. The molecule has 0 aliphatic carbocycles. The van der Waals surface area contributed by atoms with E-state index in [0.29, 0.717) is 5.33 Å². The first-order valence-corrected chi connectivity index (χ1v) is 6.53. The third kappa shape index (κ3) is 3.71. The predicted octanol–water partition coefficient (Wildman–Crippen LogP) is 1.93. The molecule has 7 heteroatoms. The molecule has 106 valence electrons. The summed E-state index contributed by atoms with van der Waals surface area (Å²) in [4.78, 5) is 11.2. The van der Waals surface area contributed by atoms with Crippen molar-refractivity contribution in [3.05, 3.63) is 34.9 Å². The molecule has 19 heavy (non-hydrogen) atoms. The van der Waals surface area contributed by atoms with E-state index in [1.807, 2.05) is 0 Å². The fourth-order valence-electron chi connectivity index (χ4n) is 1.55. The highest BCUT2D eigenvalue weighted by molar-refractivity contribution is 9.09. The second-order valence-corrected chi connectivity index (χ2v) is 4.63. The van der Waals surface area contributed by atoms with Crippen molar-refractivity contribution in [3.63, 3.8) is 0 Å². The van der Waals surface area contributed by atoms with Gasteiger partial charge in [0.2, 0.25) is 0 Å². The highest BCUT2D eigenvalue weighted by atomic mass is 79.9. The summed E-state index contributed by atoms with van der Waals surface area (Å²) in [5.41, 5.74) is -0.968. The fourth-order valence-corrected chi connectivity index (χ4v) is 2.02. The quantitative estimate of drug-likeness (QED) is 0.636. The van der Waals surface area contributed by atoms with E-state index < -0.39 is 35.4 Å². The third-order valence-electron chi connectivity index (χ3n) is 2.56. The second-order valence-electron chi connectivity index (χ2n) is 3.84. The molecule has 2 N–H and O–H groups in total. The first-order chi connectivity index (χ1) is 8.92. The van der Waals surface area contributed by atoms with Crippen LogP contribution < -0.4 is 0 Å². The molecule has 0 heterocycles. The van der Waals surface area contributed by atoms with Crippen LogP contribution in [0.1, 0.15) is 28.4 Å². The highest BCUT2D eigenvalue weighted by Crippen LogP contribution is 2.24. The Morgan fingerprint density at radius 3 is 2.32 bits per heavy atom. The lowest BCUT2D eigenvalue weighted by molar-refractivity contribution is 0.0170. The van der Waals surface area contributed by atoms with Crippen molar-refractivity contribution in [2.45, 2.75) is 18.6 Å². The Labute approximate surface area is 117 Å². The van der Waals surface area contributed by atoms with Crippen LogP contribution in [0.5, 0.6) is 0 Å². The smallest absolute Gasteiger partial charge is 0.343 e. The minimum Gasteiger partial charge on any atom is -0.465 e. The number of methoxy groups -OCH3 is 1. The predicted molar refractivity (Wildman–Crippen MR) is 67.1 cm³/mol. The largest absolute Gasteiger partial charge is 0.465 e. The van der Waals surface area contributed by atoms with Crippen molar-refractivity contribution in [3.8, 4) is 0 Å². The molecular weight excluding hydrogens is 326 g/mol. The summed E-state index contributed by atoms with van der Waals surface area (Å²) in [7, 11) is 1.00. The van der Waals surface area contributed by atoms with Gasteiger partial charge in [-0.1, -0.05) is 15.9 Å². The van der Waals surface area contributed by atoms with Gasteiger partial charge in [0, 0.05) is 5.33 Å². The Kier molecular flexibility index (Phi) is 5.84. The third-order valence-corrected chi connectivity index (χ3v) is 3.02. The highest BCUT2D eigenvalue weighted by Gasteiger charge is 2.24. The van der Waals surface area contributed by atoms with Gasteiger partial charge in [-0.3, -0.25) is 0 Å². The molecule has 0 amide bonds. The number of hydrogen-bond acceptors (Lipinski definition) is 4. The Bertz CT molecular complexity index is 444. The molecule has 0 radical (unpaired) electrons. The van der Waals surface area contributed by atoms with Gasteiger partial charge in [0.05, 0.1) is 13.2 Å². The fraction of sp³-hybridized carbons (Fsp3) is 0.417.